The lowest BCUT2D eigenvalue weighted by Gasteiger charge is -2.39. The van der Waals surface area contributed by atoms with Gasteiger partial charge < -0.3 is 20.3 Å². The van der Waals surface area contributed by atoms with Crippen LogP contribution >= 0.6 is 35.7 Å². The summed E-state index contributed by atoms with van der Waals surface area (Å²) in [4.78, 5) is 18.2. The Balaban J connectivity index is 0.00000261. The van der Waals surface area contributed by atoms with Crippen molar-refractivity contribution in [3.8, 4) is 0 Å². The van der Waals surface area contributed by atoms with Crippen LogP contribution in [0.4, 0.5) is 0 Å². The number of likely N-dealkylation sites (N-methyl/N-ethyl adjacent to an activating group) is 1. The number of nitrogens with zero attached hydrogens (tertiary/aromatic N) is 2. The average molecular weight is 510 g/mol. The van der Waals surface area contributed by atoms with E-state index in [1.807, 2.05) is 11.8 Å². The van der Waals surface area contributed by atoms with Crippen molar-refractivity contribution >= 4 is 47.6 Å². The first-order valence-corrected chi connectivity index (χ1v) is 11.2. The van der Waals surface area contributed by atoms with Crippen molar-refractivity contribution in [1.82, 2.24) is 15.5 Å². The molecule has 2 atom stereocenters. The number of aliphatic imine (C=N–C) groups is 1. The fourth-order valence-corrected chi connectivity index (χ4v) is 5.45. The lowest BCUT2D eigenvalue weighted by molar-refractivity contribution is -0.127. The van der Waals surface area contributed by atoms with Gasteiger partial charge >= 0.3 is 0 Å². The summed E-state index contributed by atoms with van der Waals surface area (Å²) in [6, 6.07) is 0.840. The maximum atomic E-state index is 12.0. The second-order valence-electron chi connectivity index (χ2n) is 8.10. The van der Waals surface area contributed by atoms with E-state index in [0.717, 1.165) is 37.6 Å². The summed E-state index contributed by atoms with van der Waals surface area (Å²) in [6.07, 6.45) is 9.45. The summed E-state index contributed by atoms with van der Waals surface area (Å²) in [6.45, 7) is 1.00. The smallest absolute Gasteiger partial charge is 0.243 e. The third-order valence-electron chi connectivity index (χ3n) is 5.72. The van der Waals surface area contributed by atoms with Crippen LogP contribution < -0.4 is 10.6 Å². The van der Waals surface area contributed by atoms with E-state index in [-0.39, 0.29) is 42.0 Å². The molecule has 3 rings (SSSR count). The van der Waals surface area contributed by atoms with Gasteiger partial charge in [0.15, 0.2) is 5.96 Å². The van der Waals surface area contributed by atoms with Crippen molar-refractivity contribution in [3.05, 3.63) is 0 Å². The zero-order valence-corrected chi connectivity index (χ0v) is 19.8. The van der Waals surface area contributed by atoms with Crippen LogP contribution in [0.15, 0.2) is 4.99 Å². The van der Waals surface area contributed by atoms with Crippen molar-refractivity contribution in [2.24, 2.45) is 4.99 Å². The first-order valence-electron chi connectivity index (χ1n) is 10.1. The van der Waals surface area contributed by atoms with Crippen LogP contribution in [0.25, 0.3) is 0 Å². The van der Waals surface area contributed by atoms with Gasteiger partial charge in [-0.3, -0.25) is 4.79 Å². The lowest BCUT2D eigenvalue weighted by Crippen LogP contribution is -2.53. The molecule has 1 amide bonds. The van der Waals surface area contributed by atoms with Crippen LogP contribution in [0.5, 0.6) is 0 Å². The van der Waals surface area contributed by atoms with Crippen LogP contribution in [-0.2, 0) is 9.53 Å². The predicted octanol–water partition coefficient (Wildman–Crippen LogP) is 2.62. The highest BCUT2D eigenvalue weighted by atomic mass is 127. The van der Waals surface area contributed by atoms with Gasteiger partial charge in [-0.1, -0.05) is 19.3 Å². The molecule has 2 saturated heterocycles. The van der Waals surface area contributed by atoms with Crippen molar-refractivity contribution in [2.45, 2.75) is 69.1 Å². The summed E-state index contributed by atoms with van der Waals surface area (Å²) in [5.74, 6) is 3.14. The summed E-state index contributed by atoms with van der Waals surface area (Å²) in [5.41, 5.74) is 0.0516. The first kappa shape index (κ1) is 23.1. The second kappa shape index (κ2) is 11.1. The highest BCUT2D eigenvalue weighted by Crippen LogP contribution is 2.38. The number of amides is 1. The molecule has 0 bridgehead atoms. The van der Waals surface area contributed by atoms with Gasteiger partial charge in [0.2, 0.25) is 5.91 Å². The predicted molar refractivity (Wildman–Crippen MR) is 123 cm³/mol. The fourth-order valence-electron chi connectivity index (χ4n) is 4.07. The van der Waals surface area contributed by atoms with E-state index in [2.05, 4.69) is 15.6 Å². The van der Waals surface area contributed by atoms with Crippen molar-refractivity contribution in [3.63, 3.8) is 0 Å². The number of halogens is 1. The molecule has 2 unspecified atom stereocenters. The summed E-state index contributed by atoms with van der Waals surface area (Å²) in [5, 5.41) is 7.23. The van der Waals surface area contributed by atoms with Crippen molar-refractivity contribution < 1.29 is 9.53 Å². The van der Waals surface area contributed by atoms with Gasteiger partial charge in [0.05, 0.1) is 5.60 Å². The van der Waals surface area contributed by atoms with Gasteiger partial charge in [-0.05, 0) is 37.9 Å². The van der Waals surface area contributed by atoms with Gasteiger partial charge in [0.1, 0.15) is 6.54 Å². The zero-order chi connectivity index (χ0) is 18.4. The highest BCUT2D eigenvalue weighted by Gasteiger charge is 2.40. The van der Waals surface area contributed by atoms with E-state index < -0.39 is 0 Å². The maximum Gasteiger partial charge on any atom is 0.243 e. The molecule has 0 radical (unpaired) electrons. The second-order valence-corrected chi connectivity index (χ2v) is 9.21. The molecule has 1 saturated carbocycles. The number of nitrogens with one attached hydrogen (secondary N) is 2. The van der Waals surface area contributed by atoms with Gasteiger partial charge in [-0.15, -0.1) is 24.0 Å². The molecule has 2 aliphatic heterocycles. The number of carbonyl (C=O) groups excluding carboxylic acids is 1. The van der Waals surface area contributed by atoms with Gasteiger partial charge in [-0.2, -0.15) is 11.8 Å². The van der Waals surface area contributed by atoms with Crippen molar-refractivity contribution in [2.75, 3.05) is 38.8 Å². The molecule has 6 nitrogen and oxygen atoms in total. The number of carbonyl (C=O) groups is 1. The van der Waals surface area contributed by atoms with Crippen LogP contribution in [0, 0.1) is 0 Å². The van der Waals surface area contributed by atoms with Crippen molar-refractivity contribution in [1.29, 1.82) is 0 Å². The minimum absolute atomic E-state index is 0. The molecule has 8 heteroatoms. The normalized spacial score (nSPS) is 29.3. The summed E-state index contributed by atoms with van der Waals surface area (Å²) in [7, 11) is 3.55. The van der Waals surface area contributed by atoms with E-state index in [1.54, 1.807) is 19.0 Å². The molecule has 1 spiro atoms. The summed E-state index contributed by atoms with van der Waals surface area (Å²) < 4.78 is 6.14. The Labute approximate surface area is 185 Å². The fraction of sp³-hybridized carbons (Fsp3) is 0.895. The van der Waals surface area contributed by atoms with E-state index in [4.69, 9.17) is 4.74 Å². The highest BCUT2D eigenvalue weighted by molar-refractivity contribution is 14.0. The molecule has 0 aromatic rings. The van der Waals surface area contributed by atoms with Gasteiger partial charge in [0, 0.05) is 38.5 Å². The van der Waals surface area contributed by atoms with Crippen LogP contribution in [0.2, 0.25) is 0 Å². The molecule has 3 aliphatic rings. The third-order valence-corrected chi connectivity index (χ3v) is 6.94. The largest absolute Gasteiger partial charge is 0.374 e. The standard InChI is InChI=1S/C19H34N4O2S.HI/c1-23(2)17(24)13-20-18(21-15-6-4-3-5-7-15)22-16-8-10-25-19(12-16)9-11-26-14-19;/h15-16H,3-14H2,1-2H3,(H2,20,21,22);1H. The zero-order valence-electron chi connectivity index (χ0n) is 16.7. The average Bonchev–Trinajstić information content (AvgIpc) is 3.07. The van der Waals surface area contributed by atoms with E-state index >= 15 is 0 Å². The molecule has 2 N–H and O–H groups in total. The monoisotopic (exact) mass is 510 g/mol. The molecule has 0 aromatic carbocycles. The third kappa shape index (κ3) is 6.96. The van der Waals surface area contributed by atoms with E-state index in [0.29, 0.717) is 12.1 Å². The van der Waals surface area contributed by atoms with Crippen LogP contribution in [-0.4, -0.2) is 73.2 Å². The van der Waals surface area contributed by atoms with Crippen LogP contribution in [0.3, 0.4) is 0 Å². The Kier molecular flexibility index (Phi) is 9.47. The number of ether oxygens (including phenoxy) is 1. The Hall–Kier alpha value is -0.220. The number of thioether (sulfide) groups is 1. The van der Waals surface area contributed by atoms with Gasteiger partial charge in [0.25, 0.3) is 0 Å². The first-order chi connectivity index (χ1) is 12.6. The van der Waals surface area contributed by atoms with Crippen LogP contribution in [0.1, 0.15) is 51.4 Å². The molecular weight excluding hydrogens is 475 g/mol. The number of guanidine groups is 1. The molecule has 1 aliphatic carbocycles. The summed E-state index contributed by atoms with van der Waals surface area (Å²) >= 11 is 2.00. The Morgan fingerprint density at radius 3 is 2.59 bits per heavy atom. The SMILES string of the molecule is CN(C)C(=O)CN=C(NC1CCCCC1)NC1CCOC2(CCSC2)C1.I. The molecule has 156 valence electrons. The van der Waals surface area contributed by atoms with Gasteiger partial charge in [-0.25, -0.2) is 4.99 Å². The van der Waals surface area contributed by atoms with E-state index in [9.17, 15) is 4.79 Å². The molecular formula is C19H35IN4O2S. The maximum absolute atomic E-state index is 12.0. The number of hydrogen-bond acceptors (Lipinski definition) is 4. The molecule has 2 heterocycles. The minimum atomic E-state index is 0. The quantitative estimate of drug-likeness (QED) is 0.346. The topological polar surface area (TPSA) is 66.0 Å². The number of rotatable bonds is 4. The minimum Gasteiger partial charge on any atom is -0.374 e. The van der Waals surface area contributed by atoms with E-state index in [1.165, 1.54) is 37.9 Å². The molecule has 3 fully saturated rings. The Morgan fingerprint density at radius 2 is 1.93 bits per heavy atom. The Morgan fingerprint density at radius 1 is 1.19 bits per heavy atom. The Bertz CT molecular complexity index is 506. The lowest BCUT2D eigenvalue weighted by atomic mass is 9.90. The molecule has 0 aromatic heterocycles. The molecule has 27 heavy (non-hydrogen) atoms. The number of hydrogen-bond donors (Lipinski definition) is 2.